The number of piperidine rings is 1. The molecule has 0 aliphatic carbocycles. The topological polar surface area (TPSA) is 95.6 Å². The Morgan fingerprint density at radius 3 is 2.44 bits per heavy atom. The van der Waals surface area contributed by atoms with Crippen molar-refractivity contribution in [3.05, 3.63) is 67.3 Å². The van der Waals surface area contributed by atoms with Crippen LogP contribution in [0.3, 0.4) is 0 Å². The second-order valence-corrected chi connectivity index (χ2v) is 11.3. The van der Waals surface area contributed by atoms with Crippen molar-refractivity contribution in [3.8, 4) is 6.07 Å². The van der Waals surface area contributed by atoms with Gasteiger partial charge in [-0.25, -0.2) is 0 Å². The Bertz CT molecular complexity index is 1430. The number of hydrogen-bond donors (Lipinski definition) is 0. The molecular formula is C29H32N4O4S2. The summed E-state index contributed by atoms with van der Waals surface area (Å²) >= 11 is 6.79. The van der Waals surface area contributed by atoms with Gasteiger partial charge in [0.25, 0.3) is 11.5 Å². The van der Waals surface area contributed by atoms with E-state index < -0.39 is 0 Å². The molecule has 2 aromatic rings. The van der Waals surface area contributed by atoms with Crippen molar-refractivity contribution in [3.63, 3.8) is 0 Å². The fourth-order valence-corrected chi connectivity index (χ4v) is 6.25. The van der Waals surface area contributed by atoms with Crippen LogP contribution in [0.4, 0.5) is 5.82 Å². The number of nitriles is 1. The number of aromatic nitrogens is 1. The summed E-state index contributed by atoms with van der Waals surface area (Å²) in [5.41, 5.74) is 2.99. The summed E-state index contributed by atoms with van der Waals surface area (Å²) in [5.74, 6) is 0.0669. The number of pyridine rings is 1. The van der Waals surface area contributed by atoms with Crippen molar-refractivity contribution in [2.75, 3.05) is 24.6 Å². The lowest BCUT2D eigenvalue weighted by Gasteiger charge is -2.35. The molecule has 10 heteroatoms. The number of anilines is 1. The number of thioether (sulfide) groups is 1. The molecule has 3 heterocycles. The minimum absolute atomic E-state index is 0.0587. The number of nitrogens with zero attached hydrogens (tertiary/aromatic N) is 4. The Hall–Kier alpha value is -3.42. The van der Waals surface area contributed by atoms with Gasteiger partial charge in [0.1, 0.15) is 21.8 Å². The highest BCUT2D eigenvalue weighted by Crippen LogP contribution is 2.37. The number of esters is 1. The van der Waals surface area contributed by atoms with Crippen LogP contribution in [-0.2, 0) is 27.4 Å². The van der Waals surface area contributed by atoms with Crippen molar-refractivity contribution in [1.29, 1.82) is 5.26 Å². The van der Waals surface area contributed by atoms with Crippen molar-refractivity contribution < 1.29 is 14.3 Å². The maximum atomic E-state index is 13.5. The van der Waals surface area contributed by atoms with Gasteiger partial charge in [-0.1, -0.05) is 53.8 Å². The van der Waals surface area contributed by atoms with E-state index >= 15 is 0 Å². The summed E-state index contributed by atoms with van der Waals surface area (Å²) < 4.78 is 7.27. The Morgan fingerprint density at radius 1 is 1.18 bits per heavy atom. The van der Waals surface area contributed by atoms with E-state index in [2.05, 4.69) is 11.0 Å². The molecule has 2 aliphatic heterocycles. The van der Waals surface area contributed by atoms with Crippen LogP contribution in [0.15, 0.2) is 34.0 Å². The number of ether oxygens (including phenoxy) is 1. The van der Waals surface area contributed by atoms with Gasteiger partial charge in [0, 0.05) is 25.2 Å². The molecule has 8 nitrogen and oxygen atoms in total. The number of benzene rings is 1. The zero-order valence-corrected chi connectivity index (χ0v) is 24.3. The molecule has 2 aliphatic rings. The van der Waals surface area contributed by atoms with Crippen molar-refractivity contribution in [1.82, 2.24) is 9.47 Å². The molecular weight excluding hydrogens is 532 g/mol. The number of hydrogen-bond acceptors (Lipinski definition) is 8. The van der Waals surface area contributed by atoms with Crippen molar-refractivity contribution in [2.45, 2.75) is 53.6 Å². The van der Waals surface area contributed by atoms with Crippen LogP contribution in [0.2, 0.25) is 0 Å². The molecule has 1 aromatic heterocycles. The first kappa shape index (κ1) is 28.6. The van der Waals surface area contributed by atoms with Gasteiger partial charge in [0.15, 0.2) is 0 Å². The second-order valence-electron chi connectivity index (χ2n) is 9.67. The highest BCUT2D eigenvalue weighted by atomic mass is 32.2. The van der Waals surface area contributed by atoms with Gasteiger partial charge in [-0.2, -0.15) is 5.26 Å². The molecule has 0 atom stereocenters. The van der Waals surface area contributed by atoms with Crippen LogP contribution in [0.5, 0.6) is 0 Å². The minimum Gasteiger partial charge on any atom is -0.466 e. The summed E-state index contributed by atoms with van der Waals surface area (Å²) in [6.07, 6.45) is 2.95. The zero-order valence-electron chi connectivity index (χ0n) is 22.7. The summed E-state index contributed by atoms with van der Waals surface area (Å²) in [4.78, 5) is 43.2. The lowest BCUT2D eigenvalue weighted by atomic mass is 9.95. The van der Waals surface area contributed by atoms with Crippen LogP contribution >= 0.6 is 24.0 Å². The Labute approximate surface area is 238 Å². The van der Waals surface area contributed by atoms with E-state index in [1.54, 1.807) is 29.4 Å². The molecule has 2 saturated heterocycles. The predicted octanol–water partition coefficient (Wildman–Crippen LogP) is 4.54. The zero-order chi connectivity index (χ0) is 28.3. The highest BCUT2D eigenvalue weighted by Gasteiger charge is 2.34. The third kappa shape index (κ3) is 5.80. The molecule has 4 rings (SSSR count). The van der Waals surface area contributed by atoms with Gasteiger partial charge < -0.3 is 9.64 Å². The van der Waals surface area contributed by atoms with Crippen LogP contribution in [0, 0.1) is 31.1 Å². The molecule has 0 bridgehead atoms. The first-order valence-electron chi connectivity index (χ1n) is 13.1. The lowest BCUT2D eigenvalue weighted by Crippen LogP contribution is -2.41. The molecule has 0 saturated carbocycles. The maximum Gasteiger partial charge on any atom is 0.309 e. The van der Waals surface area contributed by atoms with Gasteiger partial charge in [0.2, 0.25) is 0 Å². The summed E-state index contributed by atoms with van der Waals surface area (Å²) in [6.45, 7) is 9.57. The number of aryl methyl sites for hydroxylation is 1. The van der Waals surface area contributed by atoms with E-state index in [-0.39, 0.29) is 28.9 Å². The molecule has 0 unspecified atom stereocenters. The predicted molar refractivity (Wildman–Crippen MR) is 157 cm³/mol. The molecule has 1 aromatic carbocycles. The largest absolute Gasteiger partial charge is 0.466 e. The molecule has 2 fully saturated rings. The number of rotatable bonds is 7. The standard InChI is InChI=1S/C29H32N4O4S2/c1-5-32-25(31-13-11-21(12-14-31)28(36)37-6-2)22(19(4)23(16-30)26(32)34)15-24-27(35)33(29(38)39-24)17-20-9-7-18(3)8-10-20/h7-10,15,21H,5-6,11-14,17H2,1-4H3/b24-15-. The SMILES string of the molecule is CCOC(=O)C1CCN(c2c(/C=C3\SC(=S)N(Cc4ccc(C)cc4)C3=O)c(C)c(C#N)c(=O)n2CC)CC1. The smallest absolute Gasteiger partial charge is 0.309 e. The third-order valence-corrected chi connectivity index (χ3v) is 8.57. The van der Waals surface area contributed by atoms with Crippen LogP contribution in [-0.4, -0.2) is 45.4 Å². The van der Waals surface area contributed by atoms with E-state index in [0.717, 1.165) is 11.1 Å². The van der Waals surface area contributed by atoms with Gasteiger partial charge in [-0.05, 0) is 57.7 Å². The summed E-state index contributed by atoms with van der Waals surface area (Å²) in [7, 11) is 0. The Morgan fingerprint density at radius 2 is 1.85 bits per heavy atom. The Balaban J connectivity index is 1.73. The van der Waals surface area contributed by atoms with E-state index in [9.17, 15) is 19.6 Å². The quantitative estimate of drug-likeness (QED) is 0.275. The van der Waals surface area contributed by atoms with Crippen LogP contribution in [0.1, 0.15) is 54.5 Å². The molecule has 0 N–H and O–H groups in total. The normalized spacial score (nSPS) is 17.2. The number of carbonyl (C=O) groups is 2. The monoisotopic (exact) mass is 564 g/mol. The fourth-order valence-electron chi connectivity index (χ4n) is 5.01. The van der Waals surface area contributed by atoms with Gasteiger partial charge in [-0.15, -0.1) is 0 Å². The first-order chi connectivity index (χ1) is 18.7. The maximum absolute atomic E-state index is 13.5. The van der Waals surface area contributed by atoms with Gasteiger partial charge in [-0.3, -0.25) is 23.9 Å². The summed E-state index contributed by atoms with van der Waals surface area (Å²) in [6, 6.07) is 10.0. The second kappa shape index (κ2) is 12.2. The van der Waals surface area contributed by atoms with E-state index in [0.29, 0.717) is 71.8 Å². The van der Waals surface area contributed by atoms with Crippen molar-refractivity contribution in [2.24, 2.45) is 5.92 Å². The van der Waals surface area contributed by atoms with Crippen LogP contribution in [0.25, 0.3) is 6.08 Å². The van der Waals surface area contributed by atoms with Crippen LogP contribution < -0.4 is 10.5 Å². The van der Waals surface area contributed by atoms with Gasteiger partial charge in [0.05, 0.1) is 24.0 Å². The van der Waals surface area contributed by atoms with E-state index in [1.807, 2.05) is 38.1 Å². The fraction of sp³-hybridized carbons (Fsp3) is 0.414. The van der Waals surface area contributed by atoms with Gasteiger partial charge >= 0.3 is 5.97 Å². The summed E-state index contributed by atoms with van der Waals surface area (Å²) in [5, 5.41) is 9.82. The van der Waals surface area contributed by atoms with E-state index in [1.165, 1.54) is 11.8 Å². The number of thiocarbonyl (C=S) groups is 1. The lowest BCUT2D eigenvalue weighted by molar-refractivity contribution is -0.148. The Kier molecular flexibility index (Phi) is 8.93. The molecule has 0 spiro atoms. The molecule has 1 amide bonds. The third-order valence-electron chi connectivity index (χ3n) is 7.19. The number of amides is 1. The average Bonchev–Trinajstić information content (AvgIpc) is 3.19. The average molecular weight is 565 g/mol. The highest BCUT2D eigenvalue weighted by molar-refractivity contribution is 8.26. The minimum atomic E-state index is -0.357. The molecule has 39 heavy (non-hydrogen) atoms. The van der Waals surface area contributed by atoms with E-state index in [4.69, 9.17) is 17.0 Å². The molecule has 0 radical (unpaired) electrons. The molecule has 204 valence electrons. The van der Waals surface area contributed by atoms with Crippen molar-refractivity contribution >= 4 is 52.1 Å². The number of carbonyl (C=O) groups excluding carboxylic acids is 2. The first-order valence-corrected chi connectivity index (χ1v) is 14.3.